The monoisotopic (exact) mass is 499 g/mol. The summed E-state index contributed by atoms with van der Waals surface area (Å²) in [4.78, 5) is 16.4. The summed E-state index contributed by atoms with van der Waals surface area (Å²) in [5, 5.41) is 0. The number of ether oxygens (including phenoxy) is 3. The SMILES string of the molecule is COc1cc(/C=C2\N=C(c3ccccc3F)OC2=O)cc(Br)c1OCc1ccc(F)cc1. The molecule has 0 saturated carbocycles. The predicted molar refractivity (Wildman–Crippen MR) is 118 cm³/mol. The number of hydrogen-bond acceptors (Lipinski definition) is 5. The molecule has 0 atom stereocenters. The minimum absolute atomic E-state index is 0.0252. The van der Waals surface area contributed by atoms with Gasteiger partial charge in [-0.05, 0) is 69.5 Å². The van der Waals surface area contributed by atoms with Crippen LogP contribution in [0.2, 0.25) is 0 Å². The van der Waals surface area contributed by atoms with Gasteiger partial charge in [-0.3, -0.25) is 0 Å². The van der Waals surface area contributed by atoms with E-state index in [-0.39, 0.29) is 29.6 Å². The molecule has 1 aliphatic rings. The van der Waals surface area contributed by atoms with Gasteiger partial charge in [0.05, 0.1) is 17.1 Å². The first-order valence-corrected chi connectivity index (χ1v) is 10.3. The summed E-state index contributed by atoms with van der Waals surface area (Å²) >= 11 is 3.45. The van der Waals surface area contributed by atoms with E-state index in [0.717, 1.165) is 5.56 Å². The van der Waals surface area contributed by atoms with Crippen molar-refractivity contribution in [3.05, 3.63) is 99.2 Å². The van der Waals surface area contributed by atoms with E-state index < -0.39 is 11.8 Å². The summed E-state index contributed by atoms with van der Waals surface area (Å²) in [7, 11) is 1.49. The lowest BCUT2D eigenvalue weighted by atomic mass is 10.1. The molecule has 0 amide bonds. The van der Waals surface area contributed by atoms with Crippen LogP contribution in [0.4, 0.5) is 8.78 Å². The van der Waals surface area contributed by atoms with E-state index in [9.17, 15) is 13.6 Å². The first-order chi connectivity index (χ1) is 15.4. The highest BCUT2D eigenvalue weighted by atomic mass is 79.9. The zero-order chi connectivity index (χ0) is 22.7. The van der Waals surface area contributed by atoms with E-state index in [2.05, 4.69) is 20.9 Å². The number of methoxy groups -OCH3 is 1. The van der Waals surface area contributed by atoms with Crippen molar-refractivity contribution in [1.29, 1.82) is 0 Å². The van der Waals surface area contributed by atoms with E-state index in [4.69, 9.17) is 14.2 Å². The molecule has 0 radical (unpaired) electrons. The molecule has 0 aromatic heterocycles. The van der Waals surface area contributed by atoms with Crippen molar-refractivity contribution in [1.82, 2.24) is 0 Å². The number of carbonyl (C=O) groups excluding carboxylic acids is 1. The second kappa shape index (κ2) is 9.32. The zero-order valence-electron chi connectivity index (χ0n) is 16.8. The van der Waals surface area contributed by atoms with Crippen LogP contribution in [-0.2, 0) is 16.1 Å². The number of cyclic esters (lactones) is 1. The molecule has 1 heterocycles. The summed E-state index contributed by atoms with van der Waals surface area (Å²) in [6, 6.07) is 15.3. The number of hydrogen-bond donors (Lipinski definition) is 0. The van der Waals surface area contributed by atoms with Gasteiger partial charge in [-0.25, -0.2) is 18.6 Å². The van der Waals surface area contributed by atoms with Gasteiger partial charge >= 0.3 is 5.97 Å². The van der Waals surface area contributed by atoms with Crippen molar-refractivity contribution in [2.45, 2.75) is 6.61 Å². The van der Waals surface area contributed by atoms with Crippen LogP contribution in [0.3, 0.4) is 0 Å². The first kappa shape index (κ1) is 21.7. The average Bonchev–Trinajstić information content (AvgIpc) is 3.14. The van der Waals surface area contributed by atoms with Crippen molar-refractivity contribution < 1.29 is 27.8 Å². The third kappa shape index (κ3) is 4.70. The molecule has 3 aromatic carbocycles. The topological polar surface area (TPSA) is 57.1 Å². The summed E-state index contributed by atoms with van der Waals surface area (Å²) in [6.07, 6.45) is 1.51. The Morgan fingerprint density at radius 1 is 1.09 bits per heavy atom. The van der Waals surface area contributed by atoms with Crippen molar-refractivity contribution >= 4 is 33.9 Å². The minimum atomic E-state index is -0.685. The van der Waals surface area contributed by atoms with Crippen LogP contribution >= 0.6 is 15.9 Å². The average molecular weight is 500 g/mol. The molecule has 0 aliphatic carbocycles. The van der Waals surface area contributed by atoms with Crippen molar-refractivity contribution in [2.24, 2.45) is 4.99 Å². The van der Waals surface area contributed by atoms with Crippen molar-refractivity contribution in [3.63, 3.8) is 0 Å². The Balaban J connectivity index is 1.59. The summed E-state index contributed by atoms with van der Waals surface area (Å²) in [5.41, 5.74) is 1.51. The smallest absolute Gasteiger partial charge is 0.363 e. The van der Waals surface area contributed by atoms with Gasteiger partial charge in [0, 0.05) is 0 Å². The molecule has 0 N–H and O–H groups in total. The molecule has 1 aliphatic heterocycles. The van der Waals surface area contributed by atoms with Crippen LogP contribution in [0.25, 0.3) is 6.08 Å². The minimum Gasteiger partial charge on any atom is -0.493 e. The largest absolute Gasteiger partial charge is 0.493 e. The Labute approximate surface area is 191 Å². The Kier molecular flexibility index (Phi) is 6.32. The predicted octanol–water partition coefficient (Wildman–Crippen LogP) is 5.66. The fourth-order valence-corrected chi connectivity index (χ4v) is 3.59. The van der Waals surface area contributed by atoms with Gasteiger partial charge in [0.25, 0.3) is 0 Å². The van der Waals surface area contributed by atoms with E-state index in [1.807, 2.05) is 0 Å². The molecular weight excluding hydrogens is 484 g/mol. The molecule has 0 saturated heterocycles. The maximum atomic E-state index is 14.0. The number of esters is 1. The standard InChI is InChI=1S/C24H16BrF2NO4/c1-30-21-12-15(10-18(25)22(21)31-13-14-6-8-16(26)9-7-14)11-20-24(29)32-23(28-20)17-4-2-3-5-19(17)27/h2-12H,13H2,1H3/b20-11-. The third-order valence-electron chi connectivity index (χ3n) is 4.58. The van der Waals surface area contributed by atoms with Crippen LogP contribution in [0, 0.1) is 11.6 Å². The van der Waals surface area contributed by atoms with Crippen LogP contribution < -0.4 is 9.47 Å². The molecule has 5 nitrogen and oxygen atoms in total. The molecule has 162 valence electrons. The van der Waals surface area contributed by atoms with Crippen molar-refractivity contribution in [2.75, 3.05) is 7.11 Å². The highest BCUT2D eigenvalue weighted by Gasteiger charge is 2.26. The Hall–Kier alpha value is -3.52. The number of rotatable bonds is 6. The summed E-state index contributed by atoms with van der Waals surface area (Å²) < 4.78 is 44.0. The van der Waals surface area contributed by atoms with E-state index in [1.165, 1.54) is 43.5 Å². The van der Waals surface area contributed by atoms with Gasteiger partial charge in [0.15, 0.2) is 17.2 Å². The molecule has 4 rings (SSSR count). The summed E-state index contributed by atoms with van der Waals surface area (Å²) in [6.45, 7) is 0.207. The van der Waals surface area contributed by atoms with Crippen molar-refractivity contribution in [3.8, 4) is 11.5 Å². The second-order valence-corrected chi connectivity index (χ2v) is 7.62. The lowest BCUT2D eigenvalue weighted by Crippen LogP contribution is -2.07. The van der Waals surface area contributed by atoms with Gasteiger partial charge in [0.2, 0.25) is 5.90 Å². The number of halogens is 3. The fourth-order valence-electron chi connectivity index (χ4n) is 3.02. The highest BCUT2D eigenvalue weighted by Crippen LogP contribution is 2.38. The summed E-state index contributed by atoms with van der Waals surface area (Å²) in [5.74, 6) is -0.773. The van der Waals surface area contributed by atoms with Crippen LogP contribution in [-0.4, -0.2) is 19.0 Å². The lowest BCUT2D eigenvalue weighted by molar-refractivity contribution is -0.129. The molecule has 32 heavy (non-hydrogen) atoms. The van der Waals surface area contributed by atoms with E-state index in [0.29, 0.717) is 21.5 Å². The maximum absolute atomic E-state index is 14.0. The zero-order valence-corrected chi connectivity index (χ0v) is 18.4. The lowest BCUT2D eigenvalue weighted by Gasteiger charge is -2.13. The van der Waals surface area contributed by atoms with Crippen LogP contribution in [0.5, 0.6) is 11.5 Å². The molecule has 0 bridgehead atoms. The van der Waals surface area contributed by atoms with E-state index >= 15 is 0 Å². The highest BCUT2D eigenvalue weighted by molar-refractivity contribution is 9.10. The molecule has 3 aromatic rings. The Morgan fingerprint density at radius 2 is 1.84 bits per heavy atom. The number of nitrogens with zero attached hydrogens (tertiary/aromatic N) is 1. The molecule has 8 heteroatoms. The molecule has 0 spiro atoms. The number of benzene rings is 3. The molecule has 0 fully saturated rings. The number of aliphatic imine (C=N–C) groups is 1. The first-order valence-electron chi connectivity index (χ1n) is 9.47. The maximum Gasteiger partial charge on any atom is 0.363 e. The van der Waals surface area contributed by atoms with Crippen LogP contribution in [0.15, 0.2) is 75.8 Å². The number of carbonyl (C=O) groups is 1. The van der Waals surface area contributed by atoms with Gasteiger partial charge < -0.3 is 14.2 Å². The fraction of sp³-hybridized carbons (Fsp3) is 0.0833. The van der Waals surface area contributed by atoms with Gasteiger partial charge in [-0.15, -0.1) is 0 Å². The Bertz CT molecular complexity index is 1240. The van der Waals surface area contributed by atoms with E-state index in [1.54, 1.807) is 30.3 Å². The van der Waals surface area contributed by atoms with Gasteiger partial charge in [-0.2, -0.15) is 0 Å². The van der Waals surface area contributed by atoms with Crippen LogP contribution in [0.1, 0.15) is 16.7 Å². The third-order valence-corrected chi connectivity index (χ3v) is 5.17. The molecule has 0 unspecified atom stereocenters. The van der Waals surface area contributed by atoms with Gasteiger partial charge in [-0.1, -0.05) is 24.3 Å². The quantitative estimate of drug-likeness (QED) is 0.324. The molecular formula is C24H16BrF2NO4. The normalized spacial score (nSPS) is 14.3. The van der Waals surface area contributed by atoms with Gasteiger partial charge in [0.1, 0.15) is 18.2 Å². The second-order valence-electron chi connectivity index (χ2n) is 6.77. The Morgan fingerprint density at radius 3 is 2.56 bits per heavy atom.